The topological polar surface area (TPSA) is 74.7 Å². The van der Waals surface area contributed by atoms with Gasteiger partial charge in [-0.2, -0.15) is 0 Å². The van der Waals surface area contributed by atoms with Gasteiger partial charge in [-0.05, 0) is 55.5 Å². The molecule has 0 aliphatic heterocycles. The number of methoxy groups -OCH3 is 1. The normalized spacial score (nSPS) is 11.4. The molecule has 28 heavy (non-hydrogen) atoms. The van der Waals surface area contributed by atoms with Crippen LogP contribution in [0.1, 0.15) is 27.6 Å². The molecule has 1 heterocycles. The Morgan fingerprint density at radius 2 is 1.61 bits per heavy atom. The summed E-state index contributed by atoms with van der Waals surface area (Å²) in [5.74, 6) is 0.290. The number of ether oxygens (including phenoxy) is 3. The van der Waals surface area contributed by atoms with E-state index < -0.39 is 12.1 Å². The summed E-state index contributed by atoms with van der Waals surface area (Å²) in [5, 5.41) is 0. The molecule has 3 aromatic rings. The summed E-state index contributed by atoms with van der Waals surface area (Å²) < 4.78 is 16.1. The lowest BCUT2D eigenvalue weighted by atomic mass is 10.1. The lowest BCUT2D eigenvalue weighted by Crippen LogP contribution is -2.24. The molecule has 0 amide bonds. The van der Waals surface area contributed by atoms with Gasteiger partial charge in [-0.3, -0.25) is 4.79 Å². The molecule has 2 aromatic carbocycles. The predicted molar refractivity (Wildman–Crippen MR) is 103 cm³/mol. The van der Waals surface area contributed by atoms with Crippen LogP contribution < -0.4 is 9.47 Å². The van der Waals surface area contributed by atoms with Crippen LogP contribution >= 0.6 is 0 Å². The Morgan fingerprint density at radius 3 is 2.29 bits per heavy atom. The Labute approximate surface area is 162 Å². The van der Waals surface area contributed by atoms with Crippen LogP contribution in [-0.4, -0.2) is 30.0 Å². The van der Waals surface area contributed by atoms with Crippen molar-refractivity contribution < 1.29 is 23.8 Å². The average molecular weight is 377 g/mol. The van der Waals surface area contributed by atoms with E-state index in [1.54, 1.807) is 49.6 Å². The van der Waals surface area contributed by atoms with Gasteiger partial charge < -0.3 is 14.2 Å². The second kappa shape index (κ2) is 8.81. The largest absolute Gasteiger partial charge is 0.497 e. The molecule has 0 saturated heterocycles. The van der Waals surface area contributed by atoms with Crippen molar-refractivity contribution in [2.75, 3.05) is 7.11 Å². The second-order valence-electron chi connectivity index (χ2n) is 5.91. The first-order chi connectivity index (χ1) is 13.6. The van der Waals surface area contributed by atoms with Gasteiger partial charge in [0.25, 0.3) is 0 Å². The highest BCUT2D eigenvalue weighted by atomic mass is 16.5. The summed E-state index contributed by atoms with van der Waals surface area (Å²) in [4.78, 5) is 29.2. The van der Waals surface area contributed by atoms with Crippen LogP contribution in [0.25, 0.3) is 0 Å². The van der Waals surface area contributed by atoms with Gasteiger partial charge in [0.05, 0.1) is 7.11 Å². The number of ketones is 1. The Balaban J connectivity index is 1.72. The number of hydrogen-bond donors (Lipinski definition) is 0. The third-order valence-corrected chi connectivity index (χ3v) is 3.98. The molecular weight excluding hydrogens is 358 g/mol. The van der Waals surface area contributed by atoms with Crippen molar-refractivity contribution in [2.45, 2.75) is 13.0 Å². The monoisotopic (exact) mass is 377 g/mol. The number of carbonyl (C=O) groups is 2. The first kappa shape index (κ1) is 19.1. The predicted octanol–water partition coefficient (Wildman–Crippen LogP) is 4.31. The van der Waals surface area contributed by atoms with E-state index >= 15 is 0 Å². The molecular formula is C22H19NO5. The van der Waals surface area contributed by atoms with Crippen LogP contribution in [0.3, 0.4) is 0 Å². The highest BCUT2D eigenvalue weighted by Crippen LogP contribution is 2.24. The van der Waals surface area contributed by atoms with Crippen molar-refractivity contribution in [2.24, 2.45) is 0 Å². The van der Waals surface area contributed by atoms with Crippen LogP contribution in [0.4, 0.5) is 0 Å². The number of carbonyl (C=O) groups excluding carboxylic acids is 2. The SMILES string of the molecule is COc1ccc(C(=O)C(C)OC(=O)c2cccnc2Oc2ccccc2)cc1. The van der Waals surface area contributed by atoms with Gasteiger partial charge in [0.1, 0.15) is 17.1 Å². The number of Topliss-reactive ketones (excluding diaryl/α,β-unsaturated/α-hetero) is 1. The zero-order valence-electron chi connectivity index (χ0n) is 15.5. The Bertz CT molecular complexity index is 954. The summed E-state index contributed by atoms with van der Waals surface area (Å²) in [6.45, 7) is 1.53. The molecule has 1 unspecified atom stereocenters. The maximum Gasteiger partial charge on any atom is 0.344 e. The van der Waals surface area contributed by atoms with E-state index in [9.17, 15) is 9.59 Å². The molecule has 3 rings (SSSR count). The lowest BCUT2D eigenvalue weighted by Gasteiger charge is -2.14. The van der Waals surface area contributed by atoms with Crippen LogP contribution in [0.2, 0.25) is 0 Å². The lowest BCUT2D eigenvalue weighted by molar-refractivity contribution is 0.0315. The maximum atomic E-state index is 12.6. The minimum Gasteiger partial charge on any atom is -0.497 e. The molecule has 0 bridgehead atoms. The second-order valence-corrected chi connectivity index (χ2v) is 5.91. The van der Waals surface area contributed by atoms with Crippen molar-refractivity contribution in [3.63, 3.8) is 0 Å². The van der Waals surface area contributed by atoms with Crippen molar-refractivity contribution in [1.29, 1.82) is 0 Å². The van der Waals surface area contributed by atoms with Gasteiger partial charge in [0.2, 0.25) is 11.7 Å². The minimum absolute atomic E-state index is 0.114. The van der Waals surface area contributed by atoms with Crippen LogP contribution in [0, 0.1) is 0 Å². The number of benzene rings is 2. The molecule has 0 saturated carbocycles. The molecule has 142 valence electrons. The van der Waals surface area contributed by atoms with E-state index in [-0.39, 0.29) is 17.2 Å². The first-order valence-corrected chi connectivity index (χ1v) is 8.65. The van der Waals surface area contributed by atoms with Gasteiger partial charge in [0, 0.05) is 11.8 Å². The Kier molecular flexibility index (Phi) is 6.01. The van der Waals surface area contributed by atoms with Gasteiger partial charge in [0.15, 0.2) is 6.10 Å². The van der Waals surface area contributed by atoms with E-state index in [1.807, 2.05) is 18.2 Å². The van der Waals surface area contributed by atoms with Gasteiger partial charge >= 0.3 is 5.97 Å². The zero-order valence-corrected chi connectivity index (χ0v) is 15.5. The van der Waals surface area contributed by atoms with Gasteiger partial charge in [-0.1, -0.05) is 18.2 Å². The fourth-order valence-electron chi connectivity index (χ4n) is 2.50. The molecule has 6 nitrogen and oxygen atoms in total. The van der Waals surface area contributed by atoms with E-state index in [4.69, 9.17) is 14.2 Å². The van der Waals surface area contributed by atoms with Gasteiger partial charge in [-0.15, -0.1) is 0 Å². The molecule has 0 fully saturated rings. The standard InChI is InChI=1S/C22H19NO5/c1-15(20(24)16-10-12-17(26-2)13-11-16)27-22(25)19-9-6-14-23-21(19)28-18-7-4-3-5-8-18/h3-15H,1-2H3. The highest BCUT2D eigenvalue weighted by Gasteiger charge is 2.23. The van der Waals surface area contributed by atoms with Gasteiger partial charge in [-0.25, -0.2) is 9.78 Å². The molecule has 0 aliphatic carbocycles. The maximum absolute atomic E-state index is 12.6. The number of nitrogens with zero attached hydrogens (tertiary/aromatic N) is 1. The number of rotatable bonds is 7. The molecule has 0 radical (unpaired) electrons. The minimum atomic E-state index is -0.967. The average Bonchev–Trinajstić information content (AvgIpc) is 2.74. The van der Waals surface area contributed by atoms with E-state index in [1.165, 1.54) is 19.2 Å². The fraction of sp³-hybridized carbons (Fsp3) is 0.136. The number of para-hydroxylation sites is 1. The number of esters is 1. The number of hydrogen-bond acceptors (Lipinski definition) is 6. The molecule has 1 aromatic heterocycles. The van der Waals surface area contributed by atoms with Crippen LogP contribution in [0.15, 0.2) is 72.9 Å². The third-order valence-electron chi connectivity index (χ3n) is 3.98. The van der Waals surface area contributed by atoms with Crippen LogP contribution in [0.5, 0.6) is 17.4 Å². The smallest absolute Gasteiger partial charge is 0.344 e. The fourth-order valence-corrected chi connectivity index (χ4v) is 2.50. The van der Waals surface area contributed by atoms with E-state index in [0.29, 0.717) is 17.1 Å². The summed E-state index contributed by atoms with van der Waals surface area (Å²) in [5.41, 5.74) is 0.564. The molecule has 0 N–H and O–H groups in total. The van der Waals surface area contributed by atoms with Crippen LogP contribution in [-0.2, 0) is 4.74 Å². The summed E-state index contributed by atoms with van der Waals surface area (Å²) in [6.07, 6.45) is 0.548. The quantitative estimate of drug-likeness (QED) is 0.451. The van der Waals surface area contributed by atoms with Crippen molar-refractivity contribution in [3.8, 4) is 17.4 Å². The Hall–Kier alpha value is -3.67. The van der Waals surface area contributed by atoms with Crippen molar-refractivity contribution >= 4 is 11.8 Å². The highest BCUT2D eigenvalue weighted by molar-refractivity contribution is 6.01. The number of aromatic nitrogens is 1. The molecule has 6 heteroatoms. The van der Waals surface area contributed by atoms with Crippen molar-refractivity contribution in [3.05, 3.63) is 84.1 Å². The summed E-state index contributed by atoms with van der Waals surface area (Å²) >= 11 is 0. The van der Waals surface area contributed by atoms with E-state index in [2.05, 4.69) is 4.98 Å². The number of pyridine rings is 1. The van der Waals surface area contributed by atoms with Crippen molar-refractivity contribution in [1.82, 2.24) is 4.98 Å². The summed E-state index contributed by atoms with van der Waals surface area (Å²) in [6, 6.07) is 18.7. The first-order valence-electron chi connectivity index (χ1n) is 8.65. The molecule has 0 spiro atoms. The third kappa shape index (κ3) is 4.54. The molecule has 1 atom stereocenters. The van der Waals surface area contributed by atoms with E-state index in [0.717, 1.165) is 0 Å². The Morgan fingerprint density at radius 1 is 0.893 bits per heavy atom. The molecule has 0 aliphatic rings. The summed E-state index contributed by atoms with van der Waals surface area (Å²) in [7, 11) is 1.55. The zero-order chi connectivity index (χ0) is 19.9.